The molecule has 0 saturated carbocycles. The van der Waals surface area contributed by atoms with Gasteiger partial charge in [0.25, 0.3) is 5.91 Å². The van der Waals surface area contributed by atoms with Crippen LogP contribution in [0.15, 0.2) is 47.8 Å². The highest BCUT2D eigenvalue weighted by Crippen LogP contribution is 2.36. The Morgan fingerprint density at radius 2 is 2.10 bits per heavy atom. The number of ether oxygens (including phenoxy) is 1. The maximum atomic E-state index is 13.3. The number of rotatable bonds is 4. The van der Waals surface area contributed by atoms with Gasteiger partial charge in [-0.05, 0) is 36.4 Å². The van der Waals surface area contributed by atoms with Crippen LogP contribution in [0.25, 0.3) is 11.3 Å². The van der Waals surface area contributed by atoms with Gasteiger partial charge in [-0.2, -0.15) is 0 Å². The van der Waals surface area contributed by atoms with Gasteiger partial charge >= 0.3 is 0 Å². The summed E-state index contributed by atoms with van der Waals surface area (Å²) in [5.41, 5.74) is 2.68. The van der Waals surface area contributed by atoms with Crippen LogP contribution >= 0.6 is 11.3 Å². The molecule has 1 atom stereocenters. The van der Waals surface area contributed by atoms with Crippen LogP contribution in [-0.2, 0) is 4.79 Å². The van der Waals surface area contributed by atoms with E-state index in [1.165, 1.54) is 36.5 Å². The second kappa shape index (κ2) is 8.00. The number of nitrogens with zero attached hydrogens (tertiary/aromatic N) is 1. The minimum atomic E-state index is -0.470. The third-order valence-corrected chi connectivity index (χ3v) is 5.29. The molecule has 2 heterocycles. The van der Waals surface area contributed by atoms with Gasteiger partial charge in [0, 0.05) is 35.4 Å². The number of thiazole rings is 1. The van der Waals surface area contributed by atoms with E-state index < -0.39 is 11.7 Å². The van der Waals surface area contributed by atoms with Gasteiger partial charge in [-0.15, -0.1) is 11.3 Å². The number of carbonyl (C=O) groups excluding carboxylic acids is 2. The van der Waals surface area contributed by atoms with Crippen molar-refractivity contribution in [2.24, 2.45) is 0 Å². The summed E-state index contributed by atoms with van der Waals surface area (Å²) in [7, 11) is 0. The Labute approximate surface area is 170 Å². The first kappa shape index (κ1) is 19.1. The highest BCUT2D eigenvalue weighted by molar-refractivity contribution is 7.14. The molecule has 2 amide bonds. The monoisotopic (exact) mass is 411 g/mol. The smallest absolute Gasteiger partial charge is 0.257 e. The van der Waals surface area contributed by atoms with Crippen molar-refractivity contribution in [3.8, 4) is 17.0 Å². The van der Waals surface area contributed by atoms with Crippen LogP contribution in [0, 0.1) is 5.82 Å². The number of hydrogen-bond donors (Lipinski definition) is 2. The number of aromatic nitrogens is 1. The number of nitrogens with one attached hydrogen (secondary N) is 2. The minimum Gasteiger partial charge on any atom is -0.493 e. The Kier molecular flexibility index (Phi) is 5.26. The molecule has 0 aliphatic carbocycles. The van der Waals surface area contributed by atoms with Gasteiger partial charge in [0.05, 0.1) is 18.3 Å². The first-order chi connectivity index (χ1) is 14.0. The van der Waals surface area contributed by atoms with E-state index in [9.17, 15) is 14.0 Å². The van der Waals surface area contributed by atoms with Crippen LogP contribution in [0.3, 0.4) is 0 Å². The van der Waals surface area contributed by atoms with Crippen LogP contribution in [0.4, 0.5) is 9.52 Å². The molecule has 1 unspecified atom stereocenters. The molecule has 0 spiro atoms. The Morgan fingerprint density at radius 1 is 1.24 bits per heavy atom. The summed E-state index contributed by atoms with van der Waals surface area (Å²) in [5.74, 6) is -0.240. The predicted molar refractivity (Wildman–Crippen MR) is 109 cm³/mol. The molecule has 2 aromatic carbocycles. The number of halogens is 1. The van der Waals surface area contributed by atoms with Crippen LogP contribution in [0.5, 0.6) is 5.75 Å². The van der Waals surface area contributed by atoms with Crippen molar-refractivity contribution in [1.82, 2.24) is 10.3 Å². The second-order valence-corrected chi connectivity index (χ2v) is 7.50. The molecule has 8 heteroatoms. The van der Waals surface area contributed by atoms with E-state index in [1.807, 2.05) is 23.6 Å². The lowest BCUT2D eigenvalue weighted by Crippen LogP contribution is -2.30. The first-order valence-corrected chi connectivity index (χ1v) is 9.94. The van der Waals surface area contributed by atoms with Crippen LogP contribution in [0.2, 0.25) is 0 Å². The number of carbonyl (C=O) groups is 2. The number of hydrogen-bond acceptors (Lipinski definition) is 5. The molecular formula is C21H18FN3O3S. The normalized spacial score (nSPS) is 15.2. The minimum absolute atomic E-state index is 0.0933. The summed E-state index contributed by atoms with van der Waals surface area (Å²) in [6, 6.07) is 11.1. The van der Waals surface area contributed by atoms with Gasteiger partial charge < -0.3 is 10.1 Å². The third-order valence-electron chi connectivity index (χ3n) is 4.53. The maximum Gasteiger partial charge on any atom is 0.257 e. The summed E-state index contributed by atoms with van der Waals surface area (Å²) in [5, 5.41) is 7.89. The molecule has 6 nitrogen and oxygen atoms in total. The lowest BCUT2D eigenvalue weighted by molar-refractivity contribution is -0.119. The summed E-state index contributed by atoms with van der Waals surface area (Å²) >= 11 is 1.28. The highest BCUT2D eigenvalue weighted by atomic mass is 32.1. The zero-order chi connectivity index (χ0) is 20.4. The van der Waals surface area contributed by atoms with Crippen molar-refractivity contribution < 1.29 is 18.7 Å². The van der Waals surface area contributed by atoms with E-state index in [-0.39, 0.29) is 17.5 Å². The third kappa shape index (κ3) is 4.27. The van der Waals surface area contributed by atoms with Gasteiger partial charge in [0.15, 0.2) is 5.13 Å². The van der Waals surface area contributed by atoms with E-state index >= 15 is 0 Å². The van der Waals surface area contributed by atoms with Crippen molar-refractivity contribution in [1.29, 1.82) is 0 Å². The molecular weight excluding hydrogens is 393 g/mol. The average Bonchev–Trinajstić information content (AvgIpc) is 3.16. The number of fused-ring (bicyclic) bond motifs is 1. The van der Waals surface area contributed by atoms with Crippen LogP contribution in [-0.4, -0.2) is 23.4 Å². The Balaban J connectivity index is 1.55. The van der Waals surface area contributed by atoms with E-state index in [1.54, 1.807) is 6.07 Å². The number of benzene rings is 2. The fourth-order valence-electron chi connectivity index (χ4n) is 3.21. The first-order valence-electron chi connectivity index (χ1n) is 9.06. The molecule has 0 bridgehead atoms. The van der Waals surface area contributed by atoms with Crippen LogP contribution < -0.4 is 15.4 Å². The zero-order valence-corrected chi connectivity index (χ0v) is 16.4. The topological polar surface area (TPSA) is 80.3 Å². The van der Waals surface area contributed by atoms with Gasteiger partial charge in [0.2, 0.25) is 5.91 Å². The van der Waals surface area contributed by atoms with Crippen molar-refractivity contribution in [2.45, 2.75) is 19.4 Å². The Bertz CT molecular complexity index is 1080. The molecule has 1 aliphatic heterocycles. The van der Waals surface area contributed by atoms with E-state index in [0.717, 1.165) is 16.9 Å². The molecule has 4 rings (SSSR count). The molecule has 0 radical (unpaired) electrons. The lowest BCUT2D eigenvalue weighted by atomic mass is 9.97. The fourth-order valence-corrected chi connectivity index (χ4v) is 3.93. The molecule has 148 valence electrons. The molecule has 0 saturated heterocycles. The van der Waals surface area contributed by atoms with Crippen molar-refractivity contribution in [3.63, 3.8) is 0 Å². The molecule has 1 aromatic heterocycles. The van der Waals surface area contributed by atoms with Gasteiger partial charge in [-0.3, -0.25) is 14.9 Å². The Morgan fingerprint density at radius 3 is 2.90 bits per heavy atom. The van der Waals surface area contributed by atoms with Gasteiger partial charge in [-0.1, -0.05) is 6.07 Å². The Hall–Kier alpha value is -3.26. The maximum absolute atomic E-state index is 13.3. The summed E-state index contributed by atoms with van der Waals surface area (Å²) in [4.78, 5) is 28.2. The second-order valence-electron chi connectivity index (χ2n) is 6.65. The molecule has 0 fully saturated rings. The summed E-state index contributed by atoms with van der Waals surface area (Å²) < 4.78 is 19.0. The molecule has 3 aromatic rings. The zero-order valence-electron chi connectivity index (χ0n) is 15.6. The van der Waals surface area contributed by atoms with Gasteiger partial charge in [-0.25, -0.2) is 9.37 Å². The quantitative estimate of drug-likeness (QED) is 0.676. The number of anilines is 1. The largest absolute Gasteiger partial charge is 0.493 e. The standard InChI is InChI=1S/C21H18FN3O3S/c1-12(26)23-17-7-8-28-19-6-5-13(10-16(17)19)18-11-29-21(24-18)25-20(27)14-3-2-4-15(22)9-14/h2-6,9-11,17H,7-8H2,1H3,(H,23,26)(H,24,25,27). The van der Waals surface area contributed by atoms with Crippen molar-refractivity contribution >= 4 is 28.3 Å². The SMILES string of the molecule is CC(=O)NC1CCOc2ccc(-c3csc(NC(=O)c4cccc(F)c4)n3)cc21. The predicted octanol–water partition coefficient (Wildman–Crippen LogP) is 4.16. The highest BCUT2D eigenvalue weighted by Gasteiger charge is 2.23. The molecule has 29 heavy (non-hydrogen) atoms. The van der Waals surface area contributed by atoms with Crippen molar-refractivity contribution in [2.75, 3.05) is 11.9 Å². The molecule has 2 N–H and O–H groups in total. The van der Waals surface area contributed by atoms with E-state index in [0.29, 0.717) is 23.9 Å². The fraction of sp³-hybridized carbons (Fsp3) is 0.190. The summed E-state index contributed by atoms with van der Waals surface area (Å²) in [6.07, 6.45) is 0.696. The van der Waals surface area contributed by atoms with Crippen molar-refractivity contribution in [3.05, 3.63) is 64.8 Å². The average molecular weight is 411 g/mol. The molecule has 1 aliphatic rings. The number of amides is 2. The summed E-state index contributed by atoms with van der Waals surface area (Å²) in [6.45, 7) is 2.04. The lowest BCUT2D eigenvalue weighted by Gasteiger charge is -2.26. The van der Waals surface area contributed by atoms with E-state index in [4.69, 9.17) is 4.74 Å². The van der Waals surface area contributed by atoms with Gasteiger partial charge in [0.1, 0.15) is 11.6 Å². The van der Waals surface area contributed by atoms with Crippen LogP contribution in [0.1, 0.15) is 35.3 Å². The van der Waals surface area contributed by atoms with E-state index in [2.05, 4.69) is 15.6 Å².